The van der Waals surface area contributed by atoms with Gasteiger partial charge >= 0.3 is 0 Å². The summed E-state index contributed by atoms with van der Waals surface area (Å²) < 4.78 is 5.73. The van der Waals surface area contributed by atoms with Gasteiger partial charge in [0.15, 0.2) is 0 Å². The lowest BCUT2D eigenvalue weighted by Crippen LogP contribution is -2.27. The summed E-state index contributed by atoms with van der Waals surface area (Å²) in [4.78, 5) is 2.33. The van der Waals surface area contributed by atoms with Crippen LogP contribution in [0.5, 0.6) is 0 Å². The Hall–Kier alpha value is -1.68. The standard InChI is InChI=1S/C17H23N3O/c1-12(2)17-19-18-16(21-17)11-20(3)15-10-6-8-13-7-4-5-9-14(13)15/h4-5,7,9,12,15H,6,8,10-11H2,1-3H3. The van der Waals surface area contributed by atoms with Crippen LogP contribution in [0, 0.1) is 0 Å². The lowest BCUT2D eigenvalue weighted by molar-refractivity contribution is 0.192. The van der Waals surface area contributed by atoms with Crippen molar-refractivity contribution in [1.82, 2.24) is 15.1 Å². The van der Waals surface area contributed by atoms with Gasteiger partial charge in [0.05, 0.1) is 6.54 Å². The van der Waals surface area contributed by atoms with Gasteiger partial charge in [0.1, 0.15) is 0 Å². The van der Waals surface area contributed by atoms with E-state index in [-0.39, 0.29) is 5.92 Å². The molecule has 1 aliphatic carbocycles. The van der Waals surface area contributed by atoms with E-state index in [1.807, 2.05) is 0 Å². The monoisotopic (exact) mass is 285 g/mol. The Bertz CT molecular complexity index is 606. The summed E-state index contributed by atoms with van der Waals surface area (Å²) in [6.45, 7) is 4.84. The van der Waals surface area contributed by atoms with Crippen LogP contribution in [0.2, 0.25) is 0 Å². The summed E-state index contributed by atoms with van der Waals surface area (Å²) in [5.41, 5.74) is 2.93. The van der Waals surface area contributed by atoms with Gasteiger partial charge in [-0.25, -0.2) is 0 Å². The average molecular weight is 285 g/mol. The van der Waals surface area contributed by atoms with Gasteiger partial charge in [-0.2, -0.15) is 0 Å². The maximum Gasteiger partial charge on any atom is 0.230 e. The van der Waals surface area contributed by atoms with E-state index in [2.05, 4.69) is 60.3 Å². The van der Waals surface area contributed by atoms with Gasteiger partial charge in [-0.15, -0.1) is 10.2 Å². The van der Waals surface area contributed by atoms with Crippen molar-refractivity contribution in [1.29, 1.82) is 0 Å². The minimum atomic E-state index is 0.284. The maximum absolute atomic E-state index is 5.73. The Morgan fingerprint density at radius 2 is 2.10 bits per heavy atom. The number of hydrogen-bond acceptors (Lipinski definition) is 4. The zero-order chi connectivity index (χ0) is 14.8. The first-order valence-electron chi connectivity index (χ1n) is 7.75. The summed E-state index contributed by atoms with van der Waals surface area (Å²) in [7, 11) is 2.14. The molecule has 0 bridgehead atoms. The van der Waals surface area contributed by atoms with E-state index in [1.54, 1.807) is 0 Å². The molecule has 1 aromatic carbocycles. The lowest BCUT2D eigenvalue weighted by Gasteiger charge is -2.32. The Labute approximate surface area is 126 Å². The molecule has 1 unspecified atom stereocenters. The highest BCUT2D eigenvalue weighted by Gasteiger charge is 2.24. The van der Waals surface area contributed by atoms with Gasteiger partial charge in [0.25, 0.3) is 0 Å². The summed E-state index contributed by atoms with van der Waals surface area (Å²) in [6.07, 6.45) is 3.63. The molecule has 1 heterocycles. The predicted molar refractivity (Wildman–Crippen MR) is 82.0 cm³/mol. The molecule has 1 atom stereocenters. The fraction of sp³-hybridized carbons (Fsp3) is 0.529. The van der Waals surface area contributed by atoms with Crippen molar-refractivity contribution in [3.05, 3.63) is 47.2 Å². The van der Waals surface area contributed by atoms with E-state index < -0.39 is 0 Å². The third-order valence-corrected chi connectivity index (χ3v) is 4.23. The van der Waals surface area contributed by atoms with Crippen molar-refractivity contribution in [2.45, 2.75) is 51.6 Å². The van der Waals surface area contributed by atoms with E-state index in [4.69, 9.17) is 4.42 Å². The smallest absolute Gasteiger partial charge is 0.230 e. The highest BCUT2D eigenvalue weighted by atomic mass is 16.4. The van der Waals surface area contributed by atoms with Crippen LogP contribution in [0.4, 0.5) is 0 Å². The number of fused-ring (bicyclic) bond motifs is 1. The molecule has 3 rings (SSSR count). The molecule has 0 N–H and O–H groups in total. The highest BCUT2D eigenvalue weighted by molar-refractivity contribution is 5.32. The number of nitrogens with zero attached hydrogens (tertiary/aromatic N) is 3. The molecule has 0 aliphatic heterocycles. The minimum Gasteiger partial charge on any atom is -0.424 e. The van der Waals surface area contributed by atoms with Crippen LogP contribution in [-0.4, -0.2) is 22.1 Å². The van der Waals surface area contributed by atoms with Gasteiger partial charge in [-0.3, -0.25) is 4.90 Å². The first kappa shape index (κ1) is 14.3. The second kappa shape index (κ2) is 5.98. The van der Waals surface area contributed by atoms with E-state index >= 15 is 0 Å². The summed E-state index contributed by atoms with van der Waals surface area (Å²) in [5, 5.41) is 8.28. The highest BCUT2D eigenvalue weighted by Crippen LogP contribution is 2.34. The van der Waals surface area contributed by atoms with Gasteiger partial charge in [-0.1, -0.05) is 38.1 Å². The van der Waals surface area contributed by atoms with Crippen LogP contribution in [-0.2, 0) is 13.0 Å². The molecule has 1 aromatic heterocycles. The Kier molecular flexibility index (Phi) is 4.06. The Morgan fingerprint density at radius 1 is 1.29 bits per heavy atom. The Balaban J connectivity index is 1.75. The second-order valence-electron chi connectivity index (χ2n) is 6.21. The van der Waals surface area contributed by atoms with Crippen LogP contribution in [0.3, 0.4) is 0 Å². The van der Waals surface area contributed by atoms with Gasteiger partial charge in [-0.05, 0) is 37.4 Å². The first-order chi connectivity index (χ1) is 10.1. The largest absolute Gasteiger partial charge is 0.424 e. The zero-order valence-electron chi connectivity index (χ0n) is 13.0. The molecule has 0 saturated carbocycles. The van der Waals surface area contributed by atoms with E-state index in [0.29, 0.717) is 18.5 Å². The van der Waals surface area contributed by atoms with Crippen molar-refractivity contribution >= 4 is 0 Å². The summed E-state index contributed by atoms with van der Waals surface area (Å²) in [6, 6.07) is 9.22. The van der Waals surface area contributed by atoms with E-state index in [9.17, 15) is 0 Å². The van der Waals surface area contributed by atoms with Crippen molar-refractivity contribution in [3.8, 4) is 0 Å². The summed E-state index contributed by atoms with van der Waals surface area (Å²) in [5.74, 6) is 1.72. The van der Waals surface area contributed by atoms with Crippen molar-refractivity contribution < 1.29 is 4.42 Å². The molecule has 21 heavy (non-hydrogen) atoms. The number of hydrogen-bond donors (Lipinski definition) is 0. The van der Waals surface area contributed by atoms with Crippen molar-refractivity contribution in [3.63, 3.8) is 0 Å². The Morgan fingerprint density at radius 3 is 2.86 bits per heavy atom. The molecule has 0 spiro atoms. The van der Waals surface area contributed by atoms with E-state index in [1.165, 1.54) is 30.4 Å². The molecule has 2 aromatic rings. The van der Waals surface area contributed by atoms with Crippen LogP contribution < -0.4 is 0 Å². The van der Waals surface area contributed by atoms with Crippen LogP contribution in [0.25, 0.3) is 0 Å². The molecule has 4 nitrogen and oxygen atoms in total. The fourth-order valence-electron chi connectivity index (χ4n) is 3.07. The van der Waals surface area contributed by atoms with Crippen LogP contribution >= 0.6 is 0 Å². The molecular formula is C17H23N3O. The molecular weight excluding hydrogens is 262 g/mol. The first-order valence-corrected chi connectivity index (χ1v) is 7.75. The molecule has 4 heteroatoms. The molecule has 112 valence electrons. The third kappa shape index (κ3) is 3.00. The number of aryl methyl sites for hydroxylation is 1. The molecule has 0 amide bonds. The summed E-state index contributed by atoms with van der Waals surface area (Å²) >= 11 is 0. The van der Waals surface area contributed by atoms with Crippen LogP contribution in [0.15, 0.2) is 28.7 Å². The van der Waals surface area contributed by atoms with Crippen molar-refractivity contribution in [2.75, 3.05) is 7.05 Å². The number of aromatic nitrogens is 2. The maximum atomic E-state index is 5.73. The number of rotatable bonds is 4. The van der Waals surface area contributed by atoms with E-state index in [0.717, 1.165) is 5.89 Å². The predicted octanol–water partition coefficient (Wildman–Crippen LogP) is 3.70. The SMILES string of the molecule is CC(C)c1nnc(CN(C)C2CCCc3ccccc32)o1. The minimum absolute atomic E-state index is 0.284. The molecule has 0 saturated heterocycles. The number of benzene rings is 1. The lowest BCUT2D eigenvalue weighted by atomic mass is 9.87. The zero-order valence-corrected chi connectivity index (χ0v) is 13.0. The molecule has 0 radical (unpaired) electrons. The van der Waals surface area contributed by atoms with Gasteiger partial charge in [0, 0.05) is 12.0 Å². The fourth-order valence-corrected chi connectivity index (χ4v) is 3.07. The second-order valence-corrected chi connectivity index (χ2v) is 6.21. The van der Waals surface area contributed by atoms with Gasteiger partial charge in [0.2, 0.25) is 11.8 Å². The third-order valence-electron chi connectivity index (χ3n) is 4.23. The van der Waals surface area contributed by atoms with Crippen LogP contribution in [0.1, 0.15) is 61.6 Å². The molecule has 1 aliphatic rings. The topological polar surface area (TPSA) is 42.2 Å². The van der Waals surface area contributed by atoms with Crippen molar-refractivity contribution in [2.24, 2.45) is 0 Å². The molecule has 0 fully saturated rings. The van der Waals surface area contributed by atoms with Gasteiger partial charge < -0.3 is 4.42 Å². The average Bonchev–Trinajstić information content (AvgIpc) is 2.95. The quantitative estimate of drug-likeness (QED) is 0.859. The normalized spacial score (nSPS) is 18.2.